The molecule has 0 saturated carbocycles. The Morgan fingerprint density at radius 1 is 1.38 bits per heavy atom. The monoisotopic (exact) mass is 324 g/mol. The highest BCUT2D eigenvalue weighted by atomic mass is 16.5. The van der Waals surface area contributed by atoms with Gasteiger partial charge in [0, 0.05) is 31.6 Å². The minimum Gasteiger partial charge on any atom is -0.463 e. The lowest BCUT2D eigenvalue weighted by molar-refractivity contribution is 0.0677. The summed E-state index contributed by atoms with van der Waals surface area (Å²) in [7, 11) is 1.62. The van der Waals surface area contributed by atoms with Gasteiger partial charge in [-0.15, -0.1) is 0 Å². The number of aromatic amines is 1. The number of methoxy groups -OCH3 is 1. The third kappa shape index (κ3) is 2.21. The number of pyridine rings is 1. The van der Waals surface area contributed by atoms with Crippen LogP contribution in [0.25, 0.3) is 11.5 Å². The van der Waals surface area contributed by atoms with E-state index in [2.05, 4.69) is 15.2 Å². The number of carbonyl (C=O) groups is 1. The molecule has 0 bridgehead atoms. The van der Waals surface area contributed by atoms with Crippen molar-refractivity contribution in [3.05, 3.63) is 59.7 Å². The first-order valence-corrected chi connectivity index (χ1v) is 7.63. The molecule has 0 saturated heterocycles. The normalized spacial score (nSPS) is 16.6. The van der Waals surface area contributed by atoms with Crippen LogP contribution in [-0.2, 0) is 4.74 Å². The summed E-state index contributed by atoms with van der Waals surface area (Å²) in [5, 5.41) is 7.17. The quantitative estimate of drug-likeness (QED) is 0.778. The molecule has 3 aromatic heterocycles. The van der Waals surface area contributed by atoms with Crippen LogP contribution in [0.1, 0.15) is 27.7 Å². The molecule has 24 heavy (non-hydrogen) atoms. The molecular formula is C17H16N4O3. The number of furan rings is 1. The van der Waals surface area contributed by atoms with Crippen molar-refractivity contribution < 1.29 is 13.9 Å². The molecule has 0 unspecified atom stereocenters. The van der Waals surface area contributed by atoms with Crippen molar-refractivity contribution in [3.63, 3.8) is 0 Å². The SMILES string of the molecule is COCCN1C(=O)c2n[nH]c(-c3ccco3)c2[C@H]1c1cccnc1. The van der Waals surface area contributed by atoms with E-state index in [1.54, 1.807) is 36.7 Å². The second kappa shape index (κ2) is 5.93. The highest BCUT2D eigenvalue weighted by Crippen LogP contribution is 2.42. The fourth-order valence-electron chi connectivity index (χ4n) is 3.10. The van der Waals surface area contributed by atoms with Crippen LogP contribution < -0.4 is 0 Å². The first-order valence-electron chi connectivity index (χ1n) is 7.63. The number of hydrogen-bond acceptors (Lipinski definition) is 5. The molecule has 1 atom stereocenters. The van der Waals surface area contributed by atoms with E-state index in [9.17, 15) is 4.79 Å². The largest absolute Gasteiger partial charge is 0.463 e. The zero-order chi connectivity index (χ0) is 16.5. The Labute approximate surface area is 138 Å². The maximum absolute atomic E-state index is 12.8. The topological polar surface area (TPSA) is 84.2 Å². The molecule has 0 aromatic carbocycles. The molecule has 4 rings (SSSR count). The van der Waals surface area contributed by atoms with Crippen LogP contribution in [0, 0.1) is 0 Å². The molecule has 1 N–H and O–H groups in total. The summed E-state index contributed by atoms with van der Waals surface area (Å²) < 4.78 is 10.7. The Bertz CT molecular complexity index is 842. The second-order valence-electron chi connectivity index (χ2n) is 5.52. The first-order chi connectivity index (χ1) is 11.8. The van der Waals surface area contributed by atoms with Crippen molar-refractivity contribution in [2.24, 2.45) is 0 Å². The zero-order valence-electron chi connectivity index (χ0n) is 13.1. The van der Waals surface area contributed by atoms with Gasteiger partial charge in [-0.05, 0) is 23.8 Å². The third-order valence-corrected chi connectivity index (χ3v) is 4.16. The number of carbonyl (C=O) groups excluding carboxylic acids is 1. The van der Waals surface area contributed by atoms with Crippen LogP contribution in [0.15, 0.2) is 47.3 Å². The van der Waals surface area contributed by atoms with Gasteiger partial charge < -0.3 is 14.1 Å². The van der Waals surface area contributed by atoms with Gasteiger partial charge in [0.25, 0.3) is 5.91 Å². The minimum atomic E-state index is -0.268. The van der Waals surface area contributed by atoms with E-state index in [4.69, 9.17) is 9.15 Å². The standard InChI is InChI=1S/C17H16N4O3/c1-23-9-7-21-16(11-4-2-6-18-10-11)13-14(12-5-3-8-24-12)19-20-15(13)17(21)22/h2-6,8,10,16H,7,9H2,1H3,(H,19,20)/t16-/m1/s1. The van der Waals surface area contributed by atoms with E-state index >= 15 is 0 Å². The average Bonchev–Trinajstić information content (AvgIpc) is 3.32. The smallest absolute Gasteiger partial charge is 0.275 e. The van der Waals surface area contributed by atoms with Crippen molar-refractivity contribution in [2.75, 3.05) is 20.3 Å². The Morgan fingerprint density at radius 2 is 2.29 bits per heavy atom. The van der Waals surface area contributed by atoms with Gasteiger partial charge in [0.05, 0.1) is 18.9 Å². The summed E-state index contributed by atoms with van der Waals surface area (Å²) in [4.78, 5) is 18.8. The van der Waals surface area contributed by atoms with Gasteiger partial charge in [-0.2, -0.15) is 5.10 Å². The van der Waals surface area contributed by atoms with Crippen molar-refractivity contribution in [2.45, 2.75) is 6.04 Å². The van der Waals surface area contributed by atoms with Crippen LogP contribution in [0.2, 0.25) is 0 Å². The van der Waals surface area contributed by atoms with Gasteiger partial charge in [0.15, 0.2) is 11.5 Å². The molecule has 7 heteroatoms. The lowest BCUT2D eigenvalue weighted by Gasteiger charge is -2.25. The maximum Gasteiger partial charge on any atom is 0.275 e. The molecule has 0 radical (unpaired) electrons. The van der Waals surface area contributed by atoms with E-state index in [1.807, 2.05) is 18.2 Å². The van der Waals surface area contributed by atoms with Crippen LogP contribution in [0.4, 0.5) is 0 Å². The van der Waals surface area contributed by atoms with Gasteiger partial charge in [0.1, 0.15) is 5.69 Å². The van der Waals surface area contributed by atoms with E-state index in [0.717, 1.165) is 16.8 Å². The Balaban J connectivity index is 1.85. The van der Waals surface area contributed by atoms with Gasteiger partial charge in [-0.3, -0.25) is 14.9 Å². The molecule has 1 aliphatic rings. The summed E-state index contributed by atoms with van der Waals surface area (Å²) in [6.45, 7) is 0.926. The van der Waals surface area contributed by atoms with Gasteiger partial charge >= 0.3 is 0 Å². The maximum atomic E-state index is 12.8. The molecule has 122 valence electrons. The predicted molar refractivity (Wildman–Crippen MR) is 85.3 cm³/mol. The van der Waals surface area contributed by atoms with E-state index in [1.165, 1.54) is 0 Å². The van der Waals surface area contributed by atoms with Crippen molar-refractivity contribution in [1.82, 2.24) is 20.1 Å². The molecule has 0 spiro atoms. The molecule has 7 nitrogen and oxygen atoms in total. The number of nitrogens with zero attached hydrogens (tertiary/aromatic N) is 3. The number of amides is 1. The van der Waals surface area contributed by atoms with Gasteiger partial charge in [-0.1, -0.05) is 6.07 Å². The molecule has 0 fully saturated rings. The van der Waals surface area contributed by atoms with Crippen LogP contribution in [0.5, 0.6) is 0 Å². The Morgan fingerprint density at radius 3 is 3.00 bits per heavy atom. The highest BCUT2D eigenvalue weighted by molar-refractivity contribution is 5.99. The fraction of sp³-hybridized carbons (Fsp3) is 0.235. The summed E-state index contributed by atoms with van der Waals surface area (Å²) in [5.74, 6) is 0.531. The summed E-state index contributed by atoms with van der Waals surface area (Å²) in [6.07, 6.45) is 5.08. The molecular weight excluding hydrogens is 308 g/mol. The average molecular weight is 324 g/mol. The molecule has 4 heterocycles. The van der Waals surface area contributed by atoms with Crippen LogP contribution in [-0.4, -0.2) is 46.2 Å². The lowest BCUT2D eigenvalue weighted by Crippen LogP contribution is -2.32. The van der Waals surface area contributed by atoms with Crippen molar-refractivity contribution in [1.29, 1.82) is 0 Å². The van der Waals surface area contributed by atoms with Gasteiger partial charge in [-0.25, -0.2) is 0 Å². The Kier molecular flexibility index (Phi) is 3.62. The molecule has 1 aliphatic heterocycles. The summed E-state index contributed by atoms with van der Waals surface area (Å²) >= 11 is 0. The van der Waals surface area contributed by atoms with Crippen molar-refractivity contribution >= 4 is 5.91 Å². The number of fused-ring (bicyclic) bond motifs is 1. The molecule has 0 aliphatic carbocycles. The highest BCUT2D eigenvalue weighted by Gasteiger charge is 2.42. The first kappa shape index (κ1) is 14.6. The number of hydrogen-bond donors (Lipinski definition) is 1. The third-order valence-electron chi connectivity index (χ3n) is 4.16. The second-order valence-corrected chi connectivity index (χ2v) is 5.52. The summed E-state index contributed by atoms with van der Waals surface area (Å²) in [5.41, 5.74) is 2.89. The van der Waals surface area contributed by atoms with E-state index in [0.29, 0.717) is 24.6 Å². The number of H-pyrrole nitrogens is 1. The Hall–Kier alpha value is -2.93. The molecule has 1 amide bonds. The number of ether oxygens (including phenoxy) is 1. The lowest BCUT2D eigenvalue weighted by atomic mass is 9.99. The number of nitrogens with one attached hydrogen (secondary N) is 1. The zero-order valence-corrected chi connectivity index (χ0v) is 13.1. The fourth-order valence-corrected chi connectivity index (χ4v) is 3.10. The predicted octanol–water partition coefficient (Wildman–Crippen LogP) is 2.26. The number of aromatic nitrogens is 3. The van der Waals surface area contributed by atoms with Crippen molar-refractivity contribution in [3.8, 4) is 11.5 Å². The van der Waals surface area contributed by atoms with Crippen LogP contribution >= 0.6 is 0 Å². The summed E-state index contributed by atoms with van der Waals surface area (Å²) in [6, 6.07) is 7.20. The molecule has 3 aromatic rings. The van der Waals surface area contributed by atoms with Crippen LogP contribution in [0.3, 0.4) is 0 Å². The number of rotatable bonds is 5. The van der Waals surface area contributed by atoms with E-state index in [-0.39, 0.29) is 11.9 Å². The van der Waals surface area contributed by atoms with E-state index < -0.39 is 0 Å². The minimum absolute atomic E-state index is 0.120. The van der Waals surface area contributed by atoms with Gasteiger partial charge in [0.2, 0.25) is 0 Å².